The highest BCUT2D eigenvalue weighted by atomic mass is 35.5. The predicted octanol–water partition coefficient (Wildman–Crippen LogP) is 15.6. The number of pyridine rings is 4. The maximum atomic E-state index is 11.7. The van der Waals surface area contributed by atoms with Gasteiger partial charge in [0.1, 0.15) is 11.5 Å². The van der Waals surface area contributed by atoms with Gasteiger partial charge in [-0.25, -0.2) is 0 Å². The zero-order valence-corrected chi connectivity index (χ0v) is 61.9. The molecule has 16 aromatic rings. The minimum Gasteiger partial charge on any atom is -0.473 e. The molecule has 0 aliphatic heterocycles. The molecule has 0 aliphatic rings. The van der Waals surface area contributed by atoms with E-state index in [9.17, 15) is 14.4 Å². The van der Waals surface area contributed by atoms with Gasteiger partial charge in [0, 0.05) is 150 Å². The van der Waals surface area contributed by atoms with E-state index in [0.29, 0.717) is 29.7 Å². The van der Waals surface area contributed by atoms with Crippen LogP contribution in [0.4, 0.5) is 28.4 Å². The van der Waals surface area contributed by atoms with E-state index in [1.54, 1.807) is 147 Å². The van der Waals surface area contributed by atoms with Crippen LogP contribution in [0.25, 0.3) is 32.0 Å². The van der Waals surface area contributed by atoms with Crippen LogP contribution in [0.15, 0.2) is 353 Å². The first kappa shape index (κ1) is 82.7. The lowest BCUT2D eigenvalue weighted by atomic mass is 10.1. The lowest BCUT2D eigenvalue weighted by Gasteiger charge is -2.10. The number of aromatic amines is 1. The Bertz CT molecular complexity index is 4900. The highest BCUT2D eigenvalue weighted by Crippen LogP contribution is 2.20. The van der Waals surface area contributed by atoms with Gasteiger partial charge >= 0.3 is 0 Å². The molecule has 554 valence electrons. The first-order chi connectivity index (χ1) is 53.9. The molecule has 0 aliphatic carbocycles. The number of hydrogen-bond donors (Lipinski definition) is 5. The normalized spacial score (nSPS) is 9.50. The molecule has 0 fully saturated rings. The Morgan fingerprint density at radius 1 is 0.436 bits per heavy atom. The van der Waals surface area contributed by atoms with Crippen molar-refractivity contribution in [3.8, 4) is 22.6 Å². The number of para-hydroxylation sites is 1. The number of hydrogen-bond acceptors (Lipinski definition) is 24. The number of nitrogens with zero attached hydrogens (tertiary/aromatic N) is 16. The summed E-state index contributed by atoms with van der Waals surface area (Å²) in [7, 11) is 4.02. The second-order valence-corrected chi connectivity index (χ2v) is 23.4. The summed E-state index contributed by atoms with van der Waals surface area (Å²) >= 11 is 7.47. The molecule has 0 bridgehead atoms. The molecule has 28 heteroatoms. The van der Waals surface area contributed by atoms with Crippen molar-refractivity contribution in [2.45, 2.75) is 13.8 Å². The number of carbonyl (C=O) groups excluding carboxylic acids is 2. The molecule has 11 aromatic heterocycles. The molecular weight excluding hydrogens is 1430 g/mol. The monoisotopic (exact) mass is 1500 g/mol. The maximum Gasteiger partial charge on any atom is 0.255 e. The lowest BCUT2D eigenvalue weighted by Crippen LogP contribution is -2.11. The average Bonchev–Trinajstić information content (AvgIpc) is 1.75. The van der Waals surface area contributed by atoms with Crippen molar-refractivity contribution in [1.82, 2.24) is 81.1 Å². The minimum absolute atomic E-state index is 0.0637. The van der Waals surface area contributed by atoms with Crippen molar-refractivity contribution in [1.29, 1.82) is 0 Å². The van der Waals surface area contributed by atoms with Crippen molar-refractivity contribution in [2.24, 2.45) is 0 Å². The van der Waals surface area contributed by atoms with Gasteiger partial charge in [0.15, 0.2) is 18.9 Å². The summed E-state index contributed by atoms with van der Waals surface area (Å²) in [5.41, 5.74) is 8.54. The summed E-state index contributed by atoms with van der Waals surface area (Å²) in [6.07, 6.45) is 33.4. The fraction of sp³-hybridized carbons (Fsp3) is 0.0732. The van der Waals surface area contributed by atoms with E-state index in [4.69, 9.17) is 21.1 Å². The number of nitrogens with one attached hydrogen (secondary N) is 5. The zero-order valence-electron chi connectivity index (χ0n) is 60.3. The smallest absolute Gasteiger partial charge is 0.255 e. The number of anilines is 5. The summed E-state index contributed by atoms with van der Waals surface area (Å²) in [5.74, 6) is 1.43. The number of rotatable bonds is 13. The number of amides is 2. The second-order valence-electron chi connectivity index (χ2n) is 22.0. The molecule has 0 spiro atoms. The molecule has 0 radical (unpaired) electrons. The molecule has 0 atom stereocenters. The third kappa shape index (κ3) is 34.8. The van der Waals surface area contributed by atoms with Gasteiger partial charge in [-0.3, -0.25) is 39.4 Å². The summed E-state index contributed by atoms with van der Waals surface area (Å²) < 4.78 is 12.2. The SMILES string of the molecule is CC(=O)Nc1ccncc1.CN(C)c1ccncc1.Cc1cnccc1NCOc1ccc(Cl)cc1.O=C(Nc1ccnnc1)c1ccccc1.O=c1cc[nH]nc1.c1cc2cnncc2s1.c1ccc(-c2ccnnc2)cc1.c1ccc(OCNc2ccncc2)cc1.c1ccc2cnncc2c1.c1ccnnc1. The van der Waals surface area contributed by atoms with Crippen LogP contribution in [0.1, 0.15) is 22.8 Å². The largest absolute Gasteiger partial charge is 0.473 e. The first-order valence-corrected chi connectivity index (χ1v) is 34.8. The van der Waals surface area contributed by atoms with Gasteiger partial charge in [-0.1, -0.05) is 103 Å². The molecular formula is C82H78ClN21O5S. The lowest BCUT2D eigenvalue weighted by molar-refractivity contribution is -0.114. The average molecular weight is 1510 g/mol. The Hall–Kier alpha value is -14.6. The summed E-state index contributed by atoms with van der Waals surface area (Å²) in [5, 5.41) is 60.7. The fourth-order valence-corrected chi connectivity index (χ4v) is 9.19. The van der Waals surface area contributed by atoms with Crippen molar-refractivity contribution in [2.75, 3.05) is 53.7 Å². The number of carbonyl (C=O) groups is 2. The van der Waals surface area contributed by atoms with E-state index in [0.717, 1.165) is 50.5 Å². The Kier molecular flexibility index (Phi) is 38.2. The third-order valence-electron chi connectivity index (χ3n) is 13.7. The second kappa shape index (κ2) is 50.8. The van der Waals surface area contributed by atoms with Crippen LogP contribution >= 0.6 is 22.9 Å². The molecule has 0 unspecified atom stereocenters. The van der Waals surface area contributed by atoms with E-state index in [1.165, 1.54) is 59.1 Å². The van der Waals surface area contributed by atoms with Crippen molar-refractivity contribution in [3.05, 3.63) is 374 Å². The third-order valence-corrected chi connectivity index (χ3v) is 14.8. The number of aryl methyl sites for hydroxylation is 1. The fourth-order valence-electron chi connectivity index (χ4n) is 8.34. The quantitative estimate of drug-likeness (QED) is 0.0670. The Morgan fingerprint density at radius 2 is 0.955 bits per heavy atom. The van der Waals surface area contributed by atoms with Gasteiger partial charge in [0.05, 0.1) is 66.2 Å². The van der Waals surface area contributed by atoms with E-state index >= 15 is 0 Å². The van der Waals surface area contributed by atoms with Crippen LogP contribution in [-0.4, -0.2) is 120 Å². The molecule has 16 rings (SSSR count). The maximum absolute atomic E-state index is 11.7. The Labute approximate surface area is 644 Å². The molecule has 11 heterocycles. The molecule has 26 nitrogen and oxygen atoms in total. The number of ether oxygens (including phenoxy) is 2. The molecule has 5 aromatic carbocycles. The van der Waals surface area contributed by atoms with E-state index < -0.39 is 0 Å². The first-order valence-electron chi connectivity index (χ1n) is 33.5. The number of thiophene rings is 1. The molecule has 110 heavy (non-hydrogen) atoms. The van der Waals surface area contributed by atoms with Crippen molar-refractivity contribution < 1.29 is 19.1 Å². The number of aromatic nitrogens is 16. The number of H-pyrrole nitrogens is 1. The van der Waals surface area contributed by atoms with Crippen LogP contribution in [-0.2, 0) is 4.79 Å². The van der Waals surface area contributed by atoms with Crippen LogP contribution in [0, 0.1) is 6.92 Å². The van der Waals surface area contributed by atoms with Gasteiger partial charge < -0.3 is 35.6 Å². The van der Waals surface area contributed by atoms with E-state index in [-0.39, 0.29) is 17.2 Å². The molecule has 5 N–H and O–H groups in total. The predicted molar refractivity (Wildman–Crippen MR) is 434 cm³/mol. The van der Waals surface area contributed by atoms with Crippen LogP contribution in [0.5, 0.6) is 11.5 Å². The topological polar surface area (TPSA) is 330 Å². The van der Waals surface area contributed by atoms with E-state index in [2.05, 4.69) is 115 Å². The summed E-state index contributed by atoms with van der Waals surface area (Å²) in [6.45, 7) is 4.33. The highest BCUT2D eigenvalue weighted by molar-refractivity contribution is 7.17. The van der Waals surface area contributed by atoms with Crippen molar-refractivity contribution in [3.63, 3.8) is 0 Å². The standard InChI is InChI=1S/C13H13ClN2O.C12H12N2O.C11H9N3O.C10H8N2.C8H6N2.C7H8N2O.C7H10N2.C6H4N2S.C4H4N2O.C4H4N2/c1-10-8-15-7-6-13(10)16-9-17-12-4-2-11(14)3-5-12;1-2-4-12(5-3-1)15-10-14-11-6-8-13-9-7-11;15-11(9-4-2-1-3-5-9)14-10-6-7-12-13-8-10;1-2-4-9(5-3-1)10-6-7-11-12-8-10;1-2-4-8-6-10-9-5-7(8)3-1;1-6(10)9-7-2-4-8-5-3-7;1-9(2)7-3-5-8-6-4-7;1-2-9-6-4-8-7-3-5(1)6;7-4-1-2-5-6-3-4;1-2-4-6-5-3-1/h2-8H,9H2,1H3,(H,15,16);1-9H,10H2,(H,13,14);1-8H,(H,12,14,15);1-8H;1-6H;2-5H,1H3,(H,8,9,10);3-6H,1-2H3;1-4H;1-3H,(H,5,7);1-4H. The van der Waals surface area contributed by atoms with E-state index in [1.807, 2.05) is 195 Å². The Balaban J connectivity index is 0.000000172. The number of fused-ring (bicyclic) bond motifs is 2. The van der Waals surface area contributed by atoms with Crippen LogP contribution in [0.3, 0.4) is 0 Å². The van der Waals surface area contributed by atoms with Gasteiger partial charge in [0.2, 0.25) is 5.91 Å². The van der Waals surface area contributed by atoms with Gasteiger partial charge in [0.25, 0.3) is 5.91 Å². The van der Waals surface area contributed by atoms with Gasteiger partial charge in [-0.2, -0.15) is 56.1 Å². The summed E-state index contributed by atoms with van der Waals surface area (Å²) in [4.78, 5) is 50.0. The minimum atomic E-state index is -0.149. The number of benzene rings is 5. The molecule has 0 saturated carbocycles. The van der Waals surface area contributed by atoms with Crippen LogP contribution < -0.4 is 41.1 Å². The molecule has 0 saturated heterocycles. The van der Waals surface area contributed by atoms with Gasteiger partial charge in [-0.05, 0) is 145 Å². The summed E-state index contributed by atoms with van der Waals surface area (Å²) in [6, 6.07) is 68.0. The Morgan fingerprint density at radius 3 is 1.47 bits per heavy atom. The van der Waals surface area contributed by atoms with Crippen LogP contribution in [0.2, 0.25) is 5.02 Å². The zero-order chi connectivity index (χ0) is 77.5. The molecule has 2 amide bonds. The van der Waals surface area contributed by atoms with Gasteiger partial charge in [-0.15, -0.1) is 11.3 Å². The van der Waals surface area contributed by atoms with Crippen molar-refractivity contribution >= 4 is 84.0 Å². The number of halogens is 1. The highest BCUT2D eigenvalue weighted by Gasteiger charge is 2.05.